The molecule has 1 amide bonds. The van der Waals surface area contributed by atoms with Crippen molar-refractivity contribution in [3.05, 3.63) is 29.3 Å². The van der Waals surface area contributed by atoms with Crippen molar-refractivity contribution >= 4 is 11.8 Å². The smallest absolute Gasteiger partial charge is 0.410 e. The highest BCUT2D eigenvalue weighted by Crippen LogP contribution is 2.26. The Morgan fingerprint density at radius 3 is 2.50 bits per heavy atom. The van der Waals surface area contributed by atoms with Crippen molar-refractivity contribution in [1.29, 1.82) is 0 Å². The first-order chi connectivity index (χ1) is 11.2. The summed E-state index contributed by atoms with van der Waals surface area (Å²) in [6.45, 7) is 15.6. The molecule has 1 atom stereocenters. The van der Waals surface area contributed by atoms with Gasteiger partial charge in [-0.25, -0.2) is 4.79 Å². The molecule has 0 saturated carbocycles. The number of anilines is 1. The Hall–Kier alpha value is -1.71. The average Bonchev–Trinajstić information content (AvgIpc) is 2.48. The number of hydrogen-bond donors (Lipinski definition) is 1. The Bertz CT molecular complexity index is 535. The lowest BCUT2D eigenvalue weighted by Crippen LogP contribution is -2.38. The van der Waals surface area contributed by atoms with Gasteiger partial charge in [0.25, 0.3) is 0 Å². The van der Waals surface area contributed by atoms with E-state index in [0.29, 0.717) is 6.54 Å². The molecule has 1 N–H and O–H groups in total. The van der Waals surface area contributed by atoms with E-state index in [9.17, 15) is 4.79 Å². The van der Waals surface area contributed by atoms with Crippen molar-refractivity contribution in [2.24, 2.45) is 0 Å². The number of nitrogens with zero attached hydrogens (tertiary/aromatic N) is 1. The van der Waals surface area contributed by atoms with Gasteiger partial charge in [0.2, 0.25) is 0 Å². The Labute approximate surface area is 147 Å². The van der Waals surface area contributed by atoms with Crippen LogP contribution >= 0.6 is 0 Å². The Balaban J connectivity index is 2.93. The number of nitrogens with one attached hydrogen (secondary N) is 1. The summed E-state index contributed by atoms with van der Waals surface area (Å²) in [5.74, 6) is 0. The fourth-order valence-corrected chi connectivity index (χ4v) is 2.55. The Morgan fingerprint density at radius 1 is 1.29 bits per heavy atom. The molecule has 0 bridgehead atoms. The zero-order valence-electron chi connectivity index (χ0n) is 16.4. The van der Waals surface area contributed by atoms with Gasteiger partial charge in [0, 0.05) is 18.8 Å². The maximum atomic E-state index is 12.5. The number of carbonyl (C=O) groups is 1. The molecule has 1 aromatic rings. The lowest BCUT2D eigenvalue weighted by atomic mass is 10.0. The van der Waals surface area contributed by atoms with Crippen molar-refractivity contribution in [3.8, 4) is 0 Å². The van der Waals surface area contributed by atoms with Gasteiger partial charge < -0.3 is 15.0 Å². The molecule has 1 aromatic carbocycles. The Kier molecular flexibility index (Phi) is 7.59. The molecule has 0 heterocycles. The molecular formula is C20H34N2O2. The largest absolute Gasteiger partial charge is 0.444 e. The minimum Gasteiger partial charge on any atom is -0.444 e. The van der Waals surface area contributed by atoms with Crippen molar-refractivity contribution in [3.63, 3.8) is 0 Å². The summed E-state index contributed by atoms with van der Waals surface area (Å²) >= 11 is 0. The van der Waals surface area contributed by atoms with Crippen molar-refractivity contribution in [1.82, 2.24) is 4.90 Å². The molecule has 1 rings (SSSR count). The summed E-state index contributed by atoms with van der Waals surface area (Å²) < 4.78 is 5.54. The van der Waals surface area contributed by atoms with Gasteiger partial charge in [-0.3, -0.25) is 0 Å². The second-order valence-corrected chi connectivity index (χ2v) is 7.30. The van der Waals surface area contributed by atoms with Crippen LogP contribution in [0.1, 0.15) is 71.6 Å². The van der Waals surface area contributed by atoms with E-state index in [1.165, 1.54) is 12.0 Å². The predicted octanol–water partition coefficient (Wildman–Crippen LogP) is 5.53. The molecular weight excluding hydrogens is 300 g/mol. The second-order valence-electron chi connectivity index (χ2n) is 7.30. The predicted molar refractivity (Wildman–Crippen MR) is 102 cm³/mol. The van der Waals surface area contributed by atoms with Crippen LogP contribution in [0, 0.1) is 6.92 Å². The molecule has 0 aliphatic heterocycles. The number of aryl methyl sites for hydroxylation is 1. The van der Waals surface area contributed by atoms with Gasteiger partial charge in [-0.1, -0.05) is 25.5 Å². The molecule has 136 valence electrons. The van der Waals surface area contributed by atoms with E-state index >= 15 is 0 Å². The monoisotopic (exact) mass is 334 g/mol. The van der Waals surface area contributed by atoms with E-state index in [0.717, 1.165) is 24.2 Å². The highest BCUT2D eigenvalue weighted by atomic mass is 16.6. The topological polar surface area (TPSA) is 41.6 Å². The summed E-state index contributed by atoms with van der Waals surface area (Å²) in [4.78, 5) is 14.2. The average molecular weight is 335 g/mol. The van der Waals surface area contributed by atoms with E-state index in [2.05, 4.69) is 37.4 Å². The molecule has 0 saturated heterocycles. The van der Waals surface area contributed by atoms with Crippen LogP contribution in [0.15, 0.2) is 18.2 Å². The number of benzene rings is 1. The summed E-state index contributed by atoms with van der Waals surface area (Å²) in [7, 11) is 0. The maximum absolute atomic E-state index is 12.5. The highest BCUT2D eigenvalue weighted by molar-refractivity contribution is 5.69. The fourth-order valence-electron chi connectivity index (χ4n) is 2.55. The second kappa shape index (κ2) is 8.95. The summed E-state index contributed by atoms with van der Waals surface area (Å²) in [5, 5.41) is 3.50. The number of amides is 1. The van der Waals surface area contributed by atoms with Crippen LogP contribution in [0.3, 0.4) is 0 Å². The van der Waals surface area contributed by atoms with E-state index in [4.69, 9.17) is 4.74 Å². The quantitative estimate of drug-likeness (QED) is 0.667. The molecule has 24 heavy (non-hydrogen) atoms. The minimum absolute atomic E-state index is 0.0304. The third-order valence-corrected chi connectivity index (χ3v) is 4.03. The number of unbranched alkanes of at least 4 members (excludes halogenated alkanes) is 1. The van der Waals surface area contributed by atoms with Gasteiger partial charge in [-0.05, 0) is 65.2 Å². The number of ether oxygens (including phenoxy) is 1. The third-order valence-electron chi connectivity index (χ3n) is 4.03. The third kappa shape index (κ3) is 6.06. The lowest BCUT2D eigenvalue weighted by molar-refractivity contribution is 0.0186. The summed E-state index contributed by atoms with van der Waals surface area (Å²) in [5.41, 5.74) is 3.01. The van der Waals surface area contributed by atoms with Crippen LogP contribution in [0.4, 0.5) is 10.5 Å². The molecule has 4 heteroatoms. The molecule has 4 nitrogen and oxygen atoms in total. The van der Waals surface area contributed by atoms with E-state index in [-0.39, 0.29) is 12.1 Å². The fraction of sp³-hybridized carbons (Fsp3) is 0.650. The normalized spacial score (nSPS) is 12.6. The molecule has 0 spiro atoms. The maximum Gasteiger partial charge on any atom is 0.410 e. The van der Waals surface area contributed by atoms with E-state index in [1.54, 1.807) is 4.90 Å². The molecule has 0 radical (unpaired) electrons. The van der Waals surface area contributed by atoms with Gasteiger partial charge in [0.15, 0.2) is 0 Å². The zero-order chi connectivity index (χ0) is 18.3. The lowest BCUT2D eigenvalue weighted by Gasteiger charge is -2.31. The summed E-state index contributed by atoms with van der Waals surface area (Å²) in [6.07, 6.45) is 2.06. The van der Waals surface area contributed by atoms with Crippen LogP contribution in [-0.4, -0.2) is 29.7 Å². The van der Waals surface area contributed by atoms with Crippen LogP contribution in [0.5, 0.6) is 0 Å². The van der Waals surface area contributed by atoms with E-state index in [1.807, 2.05) is 34.6 Å². The zero-order valence-corrected chi connectivity index (χ0v) is 16.4. The minimum atomic E-state index is -0.482. The standard InChI is InChI=1S/C20H34N2O2/c1-8-10-13-21-18-14-17(12-11-15(18)3)16(4)22(9-2)19(23)24-20(5,6)7/h11-12,14,16,21H,8-10,13H2,1-7H3/t16-/m0/s1. The molecule has 0 fully saturated rings. The van der Waals surface area contributed by atoms with Gasteiger partial charge in [-0.15, -0.1) is 0 Å². The number of rotatable bonds is 7. The number of carbonyl (C=O) groups excluding carboxylic acids is 1. The van der Waals surface area contributed by atoms with Gasteiger partial charge in [-0.2, -0.15) is 0 Å². The molecule has 0 aliphatic carbocycles. The summed E-state index contributed by atoms with van der Waals surface area (Å²) in [6, 6.07) is 6.33. The highest BCUT2D eigenvalue weighted by Gasteiger charge is 2.25. The van der Waals surface area contributed by atoms with Crippen LogP contribution in [0.25, 0.3) is 0 Å². The SMILES string of the molecule is CCCCNc1cc([C@H](C)N(CC)C(=O)OC(C)(C)C)ccc1C. The van der Waals surface area contributed by atoms with Crippen LogP contribution in [-0.2, 0) is 4.74 Å². The van der Waals surface area contributed by atoms with Crippen molar-refractivity contribution < 1.29 is 9.53 Å². The van der Waals surface area contributed by atoms with Crippen molar-refractivity contribution in [2.45, 2.75) is 73.0 Å². The van der Waals surface area contributed by atoms with Crippen molar-refractivity contribution in [2.75, 3.05) is 18.4 Å². The molecule has 0 unspecified atom stereocenters. The molecule has 0 aliphatic rings. The van der Waals surface area contributed by atoms with Gasteiger partial charge in [0.05, 0.1) is 6.04 Å². The van der Waals surface area contributed by atoms with Gasteiger partial charge >= 0.3 is 6.09 Å². The first-order valence-electron chi connectivity index (χ1n) is 9.03. The number of hydrogen-bond acceptors (Lipinski definition) is 3. The van der Waals surface area contributed by atoms with Gasteiger partial charge in [0.1, 0.15) is 5.60 Å². The van der Waals surface area contributed by atoms with Crippen LogP contribution < -0.4 is 5.32 Å². The Morgan fingerprint density at radius 2 is 1.96 bits per heavy atom. The van der Waals surface area contributed by atoms with Crippen LogP contribution in [0.2, 0.25) is 0 Å². The first kappa shape index (κ1) is 20.3. The van der Waals surface area contributed by atoms with E-state index < -0.39 is 5.60 Å². The first-order valence-corrected chi connectivity index (χ1v) is 9.03. The molecule has 0 aromatic heterocycles.